The van der Waals surface area contributed by atoms with Crippen LogP contribution in [0.4, 0.5) is 0 Å². The van der Waals surface area contributed by atoms with Gasteiger partial charge in [-0.2, -0.15) is 0 Å². The average molecular weight is 599 g/mol. The largest absolute Gasteiger partial charge is 0.474 e. The molecular weight excluding hydrogens is 552 g/mol. The van der Waals surface area contributed by atoms with Gasteiger partial charge in [0.05, 0.1) is 37.2 Å². The zero-order valence-electron chi connectivity index (χ0n) is 25.1. The maximum atomic E-state index is 13.7. The third-order valence-electron chi connectivity index (χ3n) is 10.6. The van der Waals surface area contributed by atoms with Crippen molar-refractivity contribution in [3.63, 3.8) is 0 Å². The molecule has 0 bridgehead atoms. The van der Waals surface area contributed by atoms with Gasteiger partial charge in [-0.1, -0.05) is 0 Å². The van der Waals surface area contributed by atoms with Crippen LogP contribution in [0.1, 0.15) is 75.2 Å². The van der Waals surface area contributed by atoms with Crippen LogP contribution in [0.5, 0.6) is 5.88 Å². The fourth-order valence-corrected chi connectivity index (χ4v) is 9.07. The molecule has 2 aromatic rings. The van der Waals surface area contributed by atoms with Gasteiger partial charge in [-0.15, -0.1) is 11.3 Å². The number of fused-ring (bicyclic) bond motifs is 3. The number of carbonyl (C=O) groups is 1. The monoisotopic (exact) mass is 598 g/mol. The summed E-state index contributed by atoms with van der Waals surface area (Å²) in [6, 6.07) is 1.23. The first-order chi connectivity index (χ1) is 20.6. The number of carbonyl (C=O) groups excluding carboxylic acids is 1. The molecule has 7 rings (SSSR count). The third kappa shape index (κ3) is 6.07. The van der Waals surface area contributed by atoms with Crippen LogP contribution in [0.15, 0.2) is 6.33 Å². The van der Waals surface area contributed by atoms with E-state index in [1.54, 1.807) is 17.7 Å². The van der Waals surface area contributed by atoms with E-state index in [-0.39, 0.29) is 18.2 Å². The van der Waals surface area contributed by atoms with Gasteiger partial charge < -0.3 is 18.9 Å². The molecular formula is C32H46N4O5S. The predicted molar refractivity (Wildman–Crippen MR) is 161 cm³/mol. The summed E-state index contributed by atoms with van der Waals surface area (Å²) in [6.07, 6.45) is 12.7. The molecule has 0 N–H and O–H groups in total. The van der Waals surface area contributed by atoms with E-state index < -0.39 is 5.41 Å². The van der Waals surface area contributed by atoms with E-state index in [1.165, 1.54) is 10.4 Å². The number of rotatable bonds is 6. The fourth-order valence-electron chi connectivity index (χ4n) is 7.92. The van der Waals surface area contributed by atoms with Crippen LogP contribution in [0, 0.1) is 5.41 Å². The summed E-state index contributed by atoms with van der Waals surface area (Å²) in [5.74, 6) is 0.662. The van der Waals surface area contributed by atoms with Gasteiger partial charge in [0.25, 0.3) is 0 Å². The summed E-state index contributed by atoms with van der Waals surface area (Å²) >= 11 is 1.74. The SMILES string of the molecule is CC1(C(=O)O[C@H]2CC[C@H](N3CCOCC3)CC2)CCc2sc3ncnc(O[C@H]4CC[C@H](N5CCOCC5)CC4)c3c2C1. The maximum Gasteiger partial charge on any atom is 0.312 e. The summed E-state index contributed by atoms with van der Waals surface area (Å²) < 4.78 is 23.9. The smallest absolute Gasteiger partial charge is 0.312 e. The minimum absolute atomic E-state index is 0.0297. The Labute approximate surface area is 253 Å². The number of hydrogen-bond acceptors (Lipinski definition) is 10. The summed E-state index contributed by atoms with van der Waals surface area (Å²) in [6.45, 7) is 9.59. The van der Waals surface area contributed by atoms with E-state index >= 15 is 0 Å². The Balaban J connectivity index is 0.989. The summed E-state index contributed by atoms with van der Waals surface area (Å²) in [5.41, 5.74) is 0.667. The molecule has 10 heteroatoms. The third-order valence-corrected chi connectivity index (χ3v) is 11.8. The lowest BCUT2D eigenvalue weighted by atomic mass is 9.74. The molecule has 0 spiro atoms. The van der Waals surface area contributed by atoms with E-state index in [0.29, 0.717) is 24.4 Å². The Morgan fingerprint density at radius 1 is 0.881 bits per heavy atom. The number of hydrogen-bond donors (Lipinski definition) is 0. The predicted octanol–water partition coefficient (Wildman–Crippen LogP) is 4.40. The van der Waals surface area contributed by atoms with Crippen LogP contribution < -0.4 is 4.74 Å². The Bertz CT molecular complexity index is 1230. The number of morpholine rings is 2. The molecule has 2 aromatic heterocycles. The number of aromatic nitrogens is 2. The van der Waals surface area contributed by atoms with Crippen LogP contribution >= 0.6 is 11.3 Å². The molecule has 0 radical (unpaired) electrons. The lowest BCUT2D eigenvalue weighted by Crippen LogP contribution is -2.46. The van der Waals surface area contributed by atoms with E-state index in [9.17, 15) is 4.79 Å². The quantitative estimate of drug-likeness (QED) is 0.449. The van der Waals surface area contributed by atoms with Crippen LogP contribution in [0.25, 0.3) is 10.2 Å². The van der Waals surface area contributed by atoms with Gasteiger partial charge in [0, 0.05) is 43.1 Å². The first-order valence-electron chi connectivity index (χ1n) is 16.3. The molecule has 230 valence electrons. The molecule has 2 saturated heterocycles. The van der Waals surface area contributed by atoms with E-state index in [2.05, 4.69) is 26.7 Å². The molecule has 0 aromatic carbocycles. The first kappa shape index (κ1) is 28.9. The Kier molecular flexibility index (Phi) is 8.69. The number of esters is 1. The van der Waals surface area contributed by atoms with Crippen molar-refractivity contribution in [1.82, 2.24) is 19.8 Å². The molecule has 5 aliphatic rings. The first-order valence-corrected chi connectivity index (χ1v) is 17.1. The van der Waals surface area contributed by atoms with Crippen molar-refractivity contribution in [1.29, 1.82) is 0 Å². The topological polar surface area (TPSA) is 86.2 Å². The van der Waals surface area contributed by atoms with Gasteiger partial charge in [0.1, 0.15) is 23.4 Å². The van der Waals surface area contributed by atoms with E-state index in [0.717, 1.165) is 127 Å². The second-order valence-corrected chi connectivity index (χ2v) is 14.4. The highest BCUT2D eigenvalue weighted by molar-refractivity contribution is 7.18. The molecule has 1 atom stereocenters. The van der Waals surface area contributed by atoms with E-state index in [1.807, 2.05) is 0 Å². The van der Waals surface area contributed by atoms with Crippen molar-refractivity contribution in [2.24, 2.45) is 5.41 Å². The standard InChI is InChI=1S/C32H46N4O5S/c1-32(31(37)41-25-8-4-23(5-9-25)36-14-18-39-19-15-36)11-10-27-26(20-32)28-29(33-21-34-30(28)42-27)40-24-6-2-22(3-7-24)35-12-16-38-17-13-35/h21-25H,2-20H2,1H3/t22-,23-,24-,25-,32?. The summed E-state index contributed by atoms with van der Waals surface area (Å²) in [5, 5.41) is 1.03. The second-order valence-electron chi connectivity index (χ2n) is 13.3. The maximum absolute atomic E-state index is 13.7. The molecule has 4 heterocycles. The summed E-state index contributed by atoms with van der Waals surface area (Å²) in [4.78, 5) is 30.4. The minimum atomic E-state index is -0.536. The van der Waals surface area contributed by atoms with Gasteiger partial charge in [0.15, 0.2) is 0 Å². The Morgan fingerprint density at radius 3 is 2.10 bits per heavy atom. The van der Waals surface area contributed by atoms with E-state index in [4.69, 9.17) is 18.9 Å². The molecule has 2 saturated carbocycles. The highest BCUT2D eigenvalue weighted by Gasteiger charge is 2.42. The molecule has 0 amide bonds. The highest BCUT2D eigenvalue weighted by Crippen LogP contribution is 2.46. The normalized spacial score (nSPS) is 33.3. The van der Waals surface area contributed by atoms with Crippen molar-refractivity contribution >= 4 is 27.5 Å². The molecule has 9 nitrogen and oxygen atoms in total. The molecule has 2 aliphatic heterocycles. The Morgan fingerprint density at radius 2 is 1.48 bits per heavy atom. The van der Waals surface area contributed by atoms with Gasteiger partial charge >= 0.3 is 5.97 Å². The fraction of sp³-hybridized carbons (Fsp3) is 0.781. The number of thiophene rings is 1. The van der Waals surface area contributed by atoms with Gasteiger partial charge in [0.2, 0.25) is 5.88 Å². The molecule has 4 fully saturated rings. The molecule has 42 heavy (non-hydrogen) atoms. The van der Waals surface area contributed by atoms with Crippen LogP contribution in [-0.2, 0) is 31.8 Å². The minimum Gasteiger partial charge on any atom is -0.474 e. The van der Waals surface area contributed by atoms with Crippen LogP contribution in [-0.4, -0.2) is 103 Å². The molecule has 1 unspecified atom stereocenters. The number of nitrogens with zero attached hydrogens (tertiary/aromatic N) is 4. The zero-order chi connectivity index (χ0) is 28.5. The van der Waals surface area contributed by atoms with Crippen molar-refractivity contribution < 1.29 is 23.7 Å². The van der Waals surface area contributed by atoms with Crippen molar-refractivity contribution in [2.75, 3.05) is 52.6 Å². The number of aryl methyl sites for hydroxylation is 1. The molecule has 3 aliphatic carbocycles. The lowest BCUT2D eigenvalue weighted by Gasteiger charge is -2.39. The summed E-state index contributed by atoms with van der Waals surface area (Å²) in [7, 11) is 0. The zero-order valence-corrected chi connectivity index (χ0v) is 25.9. The average Bonchev–Trinajstić information content (AvgIpc) is 3.41. The van der Waals surface area contributed by atoms with Gasteiger partial charge in [-0.05, 0) is 83.1 Å². The van der Waals surface area contributed by atoms with Crippen molar-refractivity contribution in [3.05, 3.63) is 16.8 Å². The number of ether oxygens (including phenoxy) is 4. The second kappa shape index (κ2) is 12.6. The lowest BCUT2D eigenvalue weighted by molar-refractivity contribution is -0.163. The highest BCUT2D eigenvalue weighted by atomic mass is 32.1. The van der Waals surface area contributed by atoms with Gasteiger partial charge in [-0.3, -0.25) is 14.6 Å². The van der Waals surface area contributed by atoms with Crippen LogP contribution in [0.3, 0.4) is 0 Å². The van der Waals surface area contributed by atoms with Crippen molar-refractivity contribution in [3.8, 4) is 5.88 Å². The van der Waals surface area contributed by atoms with Crippen LogP contribution in [0.2, 0.25) is 0 Å². The van der Waals surface area contributed by atoms with Gasteiger partial charge in [-0.25, -0.2) is 9.97 Å². The Hall–Kier alpha value is -1.85. The van der Waals surface area contributed by atoms with Crippen molar-refractivity contribution in [2.45, 2.75) is 102 Å².